The third-order valence-corrected chi connectivity index (χ3v) is 1.57. The summed E-state index contributed by atoms with van der Waals surface area (Å²) in [6.07, 6.45) is -0.644. The molecule has 1 rings (SSSR count). The van der Waals surface area contributed by atoms with Gasteiger partial charge in [0.25, 0.3) is 0 Å². The molecule has 1 atom stereocenters. The summed E-state index contributed by atoms with van der Waals surface area (Å²) >= 11 is 0. The summed E-state index contributed by atoms with van der Waals surface area (Å²) in [4.78, 5) is 0. The van der Waals surface area contributed by atoms with E-state index in [2.05, 4.69) is 0 Å². The summed E-state index contributed by atoms with van der Waals surface area (Å²) < 4.78 is 25.4. The van der Waals surface area contributed by atoms with Gasteiger partial charge in [0.15, 0.2) is 0 Å². The second kappa shape index (κ2) is 6.58. The van der Waals surface area contributed by atoms with Crippen LogP contribution in [0.4, 0.5) is 8.78 Å². The highest BCUT2D eigenvalue weighted by Crippen LogP contribution is 2.20. The van der Waals surface area contributed by atoms with E-state index in [9.17, 15) is 8.78 Å². The summed E-state index contributed by atoms with van der Waals surface area (Å²) in [5.74, 6) is -0.376. The molecule has 74 valence electrons. The largest absolute Gasteiger partial charge is 0.242 e. The summed E-state index contributed by atoms with van der Waals surface area (Å²) in [5, 5.41) is 0. The second-order valence-electron chi connectivity index (χ2n) is 2.43. The van der Waals surface area contributed by atoms with Gasteiger partial charge in [-0.1, -0.05) is 32.9 Å². The second-order valence-corrected chi connectivity index (χ2v) is 2.43. The van der Waals surface area contributed by atoms with Crippen molar-refractivity contribution in [3.8, 4) is 0 Å². The van der Waals surface area contributed by atoms with Crippen LogP contribution in [0.25, 0.3) is 0 Å². The molecule has 0 aliphatic rings. The van der Waals surface area contributed by atoms with Crippen molar-refractivity contribution in [1.82, 2.24) is 0 Å². The van der Waals surface area contributed by atoms with Gasteiger partial charge in [0.05, 0.1) is 0 Å². The van der Waals surface area contributed by atoms with Crippen LogP contribution in [-0.2, 0) is 0 Å². The highest BCUT2D eigenvalue weighted by atomic mass is 19.1. The first-order valence-electron chi connectivity index (χ1n) is 4.63. The zero-order valence-electron chi connectivity index (χ0n) is 8.35. The topological polar surface area (TPSA) is 0 Å². The van der Waals surface area contributed by atoms with Crippen LogP contribution in [0.3, 0.4) is 0 Å². The number of hydrogen-bond acceptors (Lipinski definition) is 0. The van der Waals surface area contributed by atoms with Gasteiger partial charge in [0.2, 0.25) is 0 Å². The van der Waals surface area contributed by atoms with Gasteiger partial charge in [-0.05, 0) is 24.1 Å². The summed E-state index contributed by atoms with van der Waals surface area (Å²) in [6, 6.07) is 5.66. The lowest BCUT2D eigenvalue weighted by atomic mass is 10.1. The highest BCUT2D eigenvalue weighted by Gasteiger charge is 2.06. The Hall–Kier alpha value is -0.920. The predicted octanol–water partition coefficient (Wildman–Crippen LogP) is 4.27. The zero-order chi connectivity index (χ0) is 10.3. The molecule has 0 heterocycles. The van der Waals surface area contributed by atoms with Gasteiger partial charge in [0.1, 0.15) is 12.0 Å². The van der Waals surface area contributed by atoms with Crippen molar-refractivity contribution < 1.29 is 8.78 Å². The molecule has 0 aliphatic heterocycles. The zero-order valence-corrected chi connectivity index (χ0v) is 8.35. The summed E-state index contributed by atoms with van der Waals surface area (Å²) in [5.41, 5.74) is 0.424. The first-order chi connectivity index (χ1) is 6.24. The van der Waals surface area contributed by atoms with E-state index in [1.165, 1.54) is 18.2 Å². The Morgan fingerprint density at radius 1 is 1.31 bits per heavy atom. The molecule has 13 heavy (non-hydrogen) atoms. The van der Waals surface area contributed by atoms with Gasteiger partial charge in [-0.15, -0.1) is 0 Å². The molecule has 1 aromatic rings. The molecular weight excluding hydrogens is 170 g/mol. The maximum absolute atomic E-state index is 12.9. The van der Waals surface area contributed by atoms with Crippen molar-refractivity contribution in [1.29, 1.82) is 0 Å². The Morgan fingerprint density at radius 3 is 2.38 bits per heavy atom. The van der Waals surface area contributed by atoms with E-state index in [0.29, 0.717) is 12.0 Å². The Balaban J connectivity index is 0.000000671. The van der Waals surface area contributed by atoms with Crippen molar-refractivity contribution in [3.63, 3.8) is 0 Å². The van der Waals surface area contributed by atoms with Crippen LogP contribution in [-0.4, -0.2) is 0 Å². The van der Waals surface area contributed by atoms with Gasteiger partial charge in [-0.3, -0.25) is 0 Å². The third kappa shape index (κ3) is 4.02. The third-order valence-electron chi connectivity index (χ3n) is 1.57. The Labute approximate surface area is 78.6 Å². The number of benzene rings is 1. The molecule has 1 unspecified atom stereocenters. The molecule has 2 heteroatoms. The molecule has 0 fully saturated rings. The lowest BCUT2D eigenvalue weighted by Crippen LogP contribution is -1.89. The van der Waals surface area contributed by atoms with Gasteiger partial charge in [-0.25, -0.2) is 8.78 Å². The Kier molecular flexibility index (Phi) is 6.11. The minimum absolute atomic E-state index is 0.376. The van der Waals surface area contributed by atoms with E-state index in [0.717, 1.165) is 0 Å². The summed E-state index contributed by atoms with van der Waals surface area (Å²) in [6.45, 7) is 5.73. The summed E-state index contributed by atoms with van der Waals surface area (Å²) in [7, 11) is 0. The van der Waals surface area contributed by atoms with Crippen LogP contribution in [0.15, 0.2) is 24.3 Å². The highest BCUT2D eigenvalue weighted by molar-refractivity contribution is 5.18. The standard InChI is InChI=1S/C9H10F2.C2H6/c1-2-9(11)7-4-3-5-8(10)6-7;1-2/h3-6,9H,2H2,1H3;1-2H3. The predicted molar refractivity (Wildman–Crippen MR) is 51.9 cm³/mol. The van der Waals surface area contributed by atoms with E-state index < -0.39 is 6.17 Å². The molecule has 0 aromatic heterocycles. The lowest BCUT2D eigenvalue weighted by molar-refractivity contribution is 0.333. The molecule has 0 amide bonds. The van der Waals surface area contributed by atoms with Crippen LogP contribution in [0.1, 0.15) is 38.9 Å². The molecular formula is C11H16F2. The van der Waals surface area contributed by atoms with E-state index in [1.54, 1.807) is 13.0 Å². The number of hydrogen-bond donors (Lipinski definition) is 0. The minimum atomic E-state index is -1.04. The number of halogens is 2. The fraction of sp³-hybridized carbons (Fsp3) is 0.455. The first-order valence-corrected chi connectivity index (χ1v) is 4.63. The Bertz CT molecular complexity index is 233. The smallest absolute Gasteiger partial charge is 0.125 e. The van der Waals surface area contributed by atoms with Crippen LogP contribution in [0.5, 0.6) is 0 Å². The van der Waals surface area contributed by atoms with Crippen molar-refractivity contribution in [3.05, 3.63) is 35.6 Å². The van der Waals surface area contributed by atoms with Crippen molar-refractivity contribution in [2.24, 2.45) is 0 Å². The minimum Gasteiger partial charge on any atom is -0.242 e. The molecule has 0 radical (unpaired) electrons. The molecule has 0 aliphatic carbocycles. The number of rotatable bonds is 2. The van der Waals surface area contributed by atoms with Gasteiger partial charge < -0.3 is 0 Å². The normalized spacial score (nSPS) is 11.5. The molecule has 0 spiro atoms. The fourth-order valence-electron chi connectivity index (χ4n) is 0.937. The maximum atomic E-state index is 12.9. The Morgan fingerprint density at radius 2 is 1.92 bits per heavy atom. The van der Waals surface area contributed by atoms with Gasteiger partial charge in [-0.2, -0.15) is 0 Å². The SMILES string of the molecule is CC.CCC(F)c1cccc(F)c1. The van der Waals surface area contributed by atoms with Crippen LogP contribution in [0.2, 0.25) is 0 Å². The van der Waals surface area contributed by atoms with E-state index >= 15 is 0 Å². The molecule has 0 N–H and O–H groups in total. The van der Waals surface area contributed by atoms with Crippen molar-refractivity contribution >= 4 is 0 Å². The molecule has 1 aromatic carbocycles. The number of alkyl halides is 1. The molecule has 0 bridgehead atoms. The lowest BCUT2D eigenvalue weighted by Gasteiger charge is -2.03. The van der Waals surface area contributed by atoms with Crippen molar-refractivity contribution in [2.45, 2.75) is 33.4 Å². The van der Waals surface area contributed by atoms with Crippen LogP contribution < -0.4 is 0 Å². The van der Waals surface area contributed by atoms with Crippen LogP contribution >= 0.6 is 0 Å². The quantitative estimate of drug-likeness (QED) is 0.647. The molecule has 0 nitrogen and oxygen atoms in total. The molecule has 0 saturated heterocycles. The van der Waals surface area contributed by atoms with Gasteiger partial charge in [0, 0.05) is 0 Å². The van der Waals surface area contributed by atoms with E-state index in [4.69, 9.17) is 0 Å². The fourth-order valence-corrected chi connectivity index (χ4v) is 0.937. The van der Waals surface area contributed by atoms with E-state index in [-0.39, 0.29) is 5.82 Å². The molecule has 0 saturated carbocycles. The van der Waals surface area contributed by atoms with Crippen molar-refractivity contribution in [2.75, 3.05) is 0 Å². The maximum Gasteiger partial charge on any atom is 0.125 e. The first kappa shape index (κ1) is 12.1. The van der Waals surface area contributed by atoms with Gasteiger partial charge >= 0.3 is 0 Å². The monoisotopic (exact) mass is 186 g/mol. The average Bonchev–Trinajstić information content (AvgIpc) is 2.20. The van der Waals surface area contributed by atoms with Crippen LogP contribution in [0, 0.1) is 5.82 Å². The van der Waals surface area contributed by atoms with E-state index in [1.807, 2.05) is 13.8 Å². The average molecular weight is 186 g/mol.